The highest BCUT2D eigenvalue weighted by Gasteiger charge is 2.37. The fraction of sp³-hybridized carbons (Fsp3) is 0.0741. The van der Waals surface area contributed by atoms with E-state index in [1.165, 1.54) is 0 Å². The van der Waals surface area contributed by atoms with Crippen LogP contribution in [0, 0.1) is 6.92 Å². The summed E-state index contributed by atoms with van der Waals surface area (Å²) in [5, 5.41) is 5.39. The zero-order chi connectivity index (χ0) is 23.5. The summed E-state index contributed by atoms with van der Waals surface area (Å²) in [6, 6.07) is 19.0. The molecule has 0 radical (unpaired) electrons. The van der Waals surface area contributed by atoms with E-state index in [1.54, 1.807) is 29.3 Å². The van der Waals surface area contributed by atoms with Crippen molar-refractivity contribution in [1.29, 1.82) is 0 Å². The molecule has 4 aromatic heterocycles. The summed E-state index contributed by atoms with van der Waals surface area (Å²) < 4.78 is 13.6. The number of fused-ring (bicyclic) bond motifs is 6. The number of hydrogen-bond acceptors (Lipinski definition) is 7. The van der Waals surface area contributed by atoms with Crippen LogP contribution in [0.5, 0.6) is 11.6 Å². The van der Waals surface area contributed by atoms with Crippen molar-refractivity contribution in [3.05, 3.63) is 112 Å². The Kier molecular flexibility index (Phi) is 4.10. The van der Waals surface area contributed by atoms with Crippen molar-refractivity contribution >= 4 is 16.6 Å². The minimum atomic E-state index is -0.525. The molecule has 0 saturated heterocycles. The first-order valence-electron chi connectivity index (χ1n) is 11.1. The highest BCUT2D eigenvalue weighted by molar-refractivity contribution is 5.87. The van der Waals surface area contributed by atoms with Gasteiger partial charge in [-0.15, -0.1) is 5.10 Å². The summed E-state index contributed by atoms with van der Waals surface area (Å²) in [5.41, 5.74) is 4.44. The van der Waals surface area contributed by atoms with Crippen molar-refractivity contribution in [3.8, 4) is 23.0 Å². The van der Waals surface area contributed by atoms with Gasteiger partial charge in [-0.1, -0.05) is 36.4 Å². The maximum absolute atomic E-state index is 13.4. The molecule has 1 atom stereocenters. The molecule has 0 aliphatic carbocycles. The molecule has 7 rings (SSSR count). The van der Waals surface area contributed by atoms with Crippen molar-refractivity contribution in [2.24, 2.45) is 0 Å². The van der Waals surface area contributed by atoms with Gasteiger partial charge in [0.15, 0.2) is 17.2 Å². The lowest BCUT2D eigenvalue weighted by molar-refractivity contribution is 0.422. The highest BCUT2D eigenvalue weighted by Crippen LogP contribution is 2.48. The molecule has 0 amide bonds. The molecule has 0 bridgehead atoms. The van der Waals surface area contributed by atoms with Crippen LogP contribution in [0.4, 0.5) is 0 Å². The van der Waals surface area contributed by atoms with Crippen LogP contribution in [-0.2, 0) is 0 Å². The molecule has 2 aromatic carbocycles. The Hall–Kier alpha value is -4.85. The summed E-state index contributed by atoms with van der Waals surface area (Å²) in [6.45, 7) is 2.02. The second-order valence-corrected chi connectivity index (χ2v) is 8.43. The Morgan fingerprint density at radius 1 is 0.943 bits per heavy atom. The zero-order valence-corrected chi connectivity index (χ0v) is 18.5. The summed E-state index contributed by atoms with van der Waals surface area (Å²) in [6.07, 6.45) is 4.98. The van der Waals surface area contributed by atoms with E-state index in [9.17, 15) is 4.79 Å². The molecule has 1 aliphatic heterocycles. The van der Waals surface area contributed by atoms with E-state index in [4.69, 9.17) is 14.1 Å². The summed E-state index contributed by atoms with van der Waals surface area (Å²) in [4.78, 5) is 27.0. The predicted octanol–water partition coefficient (Wildman–Crippen LogP) is 4.89. The molecule has 35 heavy (non-hydrogen) atoms. The predicted molar refractivity (Wildman–Crippen MR) is 129 cm³/mol. The number of nitrogens with zero attached hydrogens (tertiary/aromatic N) is 5. The smallest absolute Gasteiger partial charge is 0.344 e. The number of aryl methyl sites for hydroxylation is 1. The molecule has 8 nitrogen and oxygen atoms in total. The first-order chi connectivity index (χ1) is 17.2. The molecule has 0 fully saturated rings. The molecule has 1 aliphatic rings. The third-order valence-electron chi connectivity index (χ3n) is 6.39. The highest BCUT2D eigenvalue weighted by atomic mass is 16.5. The lowest BCUT2D eigenvalue weighted by Gasteiger charge is -2.27. The molecule has 0 spiro atoms. The molecule has 168 valence electrons. The van der Waals surface area contributed by atoms with Crippen LogP contribution < -0.4 is 10.4 Å². The first-order valence-corrected chi connectivity index (χ1v) is 11.1. The van der Waals surface area contributed by atoms with Crippen molar-refractivity contribution < 1.29 is 9.15 Å². The molecule has 8 heteroatoms. The second-order valence-electron chi connectivity index (χ2n) is 8.43. The van der Waals surface area contributed by atoms with Crippen molar-refractivity contribution in [2.45, 2.75) is 12.8 Å². The van der Waals surface area contributed by atoms with Crippen LogP contribution in [0.1, 0.15) is 28.2 Å². The molecule has 0 N–H and O–H groups in total. The maximum Gasteiger partial charge on any atom is 0.344 e. The monoisotopic (exact) mass is 459 g/mol. The Balaban J connectivity index is 1.56. The number of pyridine rings is 1. The second kappa shape index (κ2) is 7.33. The van der Waals surface area contributed by atoms with Crippen LogP contribution in [0.3, 0.4) is 0 Å². The van der Waals surface area contributed by atoms with Gasteiger partial charge in [-0.3, -0.25) is 4.98 Å². The topological polar surface area (TPSA) is 95.4 Å². The van der Waals surface area contributed by atoms with Gasteiger partial charge in [0.2, 0.25) is 5.88 Å². The van der Waals surface area contributed by atoms with Gasteiger partial charge in [-0.25, -0.2) is 19.3 Å². The Morgan fingerprint density at radius 2 is 1.74 bits per heavy atom. The number of aromatic nitrogens is 5. The van der Waals surface area contributed by atoms with E-state index < -0.39 is 11.5 Å². The Morgan fingerprint density at radius 3 is 2.60 bits per heavy atom. The number of hydrogen-bond donors (Lipinski definition) is 0. The van der Waals surface area contributed by atoms with Gasteiger partial charge in [0.1, 0.15) is 11.9 Å². The van der Waals surface area contributed by atoms with Crippen LogP contribution in [-0.4, -0.2) is 24.6 Å². The third kappa shape index (κ3) is 2.90. The van der Waals surface area contributed by atoms with E-state index in [0.29, 0.717) is 45.2 Å². The average molecular weight is 459 g/mol. The van der Waals surface area contributed by atoms with Gasteiger partial charge in [0, 0.05) is 18.0 Å². The molecular weight excluding hydrogens is 442 g/mol. The van der Waals surface area contributed by atoms with Gasteiger partial charge in [-0.2, -0.15) is 0 Å². The minimum absolute atomic E-state index is 0.381. The average Bonchev–Trinajstić information content (AvgIpc) is 3.33. The number of rotatable bonds is 2. The van der Waals surface area contributed by atoms with Gasteiger partial charge in [-0.05, 0) is 42.3 Å². The Labute approximate surface area is 198 Å². The van der Waals surface area contributed by atoms with Crippen LogP contribution in [0.2, 0.25) is 0 Å². The van der Waals surface area contributed by atoms with Gasteiger partial charge < -0.3 is 9.15 Å². The number of para-hydroxylation sites is 1. The van der Waals surface area contributed by atoms with Crippen LogP contribution >= 0.6 is 0 Å². The lowest BCUT2D eigenvalue weighted by atomic mass is 9.84. The van der Waals surface area contributed by atoms with E-state index in [1.807, 2.05) is 61.5 Å². The molecule has 5 heterocycles. The SMILES string of the molecule is Cc1ccccc1-c1nc2c3c(ncn2n1)Oc1c(c(=O)oc2ccccc12)C3c1ccncc1. The molecule has 6 aromatic rings. The van der Waals surface area contributed by atoms with Gasteiger partial charge in [0.25, 0.3) is 0 Å². The minimum Gasteiger partial charge on any atom is -0.437 e. The van der Waals surface area contributed by atoms with Crippen LogP contribution in [0.25, 0.3) is 28.0 Å². The normalized spacial score (nSPS) is 14.5. The molecule has 0 saturated carbocycles. The van der Waals surface area contributed by atoms with Crippen molar-refractivity contribution in [3.63, 3.8) is 0 Å². The number of benzene rings is 2. The summed E-state index contributed by atoms with van der Waals surface area (Å²) in [7, 11) is 0. The lowest BCUT2D eigenvalue weighted by Crippen LogP contribution is -2.22. The van der Waals surface area contributed by atoms with Gasteiger partial charge in [0.05, 0.1) is 22.4 Å². The largest absolute Gasteiger partial charge is 0.437 e. The summed E-state index contributed by atoms with van der Waals surface area (Å²) >= 11 is 0. The zero-order valence-electron chi connectivity index (χ0n) is 18.5. The number of ether oxygens (including phenoxy) is 1. The standard InChI is InChI=1S/C27H17N5O3/c1-15-6-2-3-7-17(15)24-30-25-22-20(16-10-12-28-13-11-16)21-23(35-26(22)29-14-32(25)31-24)18-8-4-5-9-19(18)34-27(21)33/h2-14,20H,1H3. The fourth-order valence-corrected chi connectivity index (χ4v) is 4.76. The van der Waals surface area contributed by atoms with E-state index in [2.05, 4.69) is 15.1 Å². The quantitative estimate of drug-likeness (QED) is 0.340. The first kappa shape index (κ1) is 19.6. The van der Waals surface area contributed by atoms with Gasteiger partial charge >= 0.3 is 5.63 Å². The van der Waals surface area contributed by atoms with E-state index in [0.717, 1.165) is 16.7 Å². The van der Waals surface area contributed by atoms with Crippen molar-refractivity contribution in [1.82, 2.24) is 24.6 Å². The van der Waals surface area contributed by atoms with Crippen LogP contribution in [0.15, 0.2) is 88.6 Å². The molecule has 1 unspecified atom stereocenters. The summed E-state index contributed by atoms with van der Waals surface area (Å²) in [5.74, 6) is 0.874. The fourth-order valence-electron chi connectivity index (χ4n) is 4.76. The molecular formula is C27H17N5O3. The maximum atomic E-state index is 13.4. The van der Waals surface area contributed by atoms with E-state index >= 15 is 0 Å². The third-order valence-corrected chi connectivity index (χ3v) is 6.39. The Bertz CT molecular complexity index is 1820. The van der Waals surface area contributed by atoms with Crippen molar-refractivity contribution in [2.75, 3.05) is 0 Å². The van der Waals surface area contributed by atoms with E-state index in [-0.39, 0.29) is 0 Å².